The second kappa shape index (κ2) is 10.0. The zero-order valence-electron chi connectivity index (χ0n) is 15.8. The average Bonchev–Trinajstić information content (AvgIpc) is 2.74. The van der Waals surface area contributed by atoms with Crippen LogP contribution in [0.1, 0.15) is 12.0 Å². The van der Waals surface area contributed by atoms with Gasteiger partial charge in [-0.3, -0.25) is 9.59 Å². The maximum Gasteiger partial charge on any atom is 0.243 e. The van der Waals surface area contributed by atoms with Crippen LogP contribution in [0.15, 0.2) is 78.9 Å². The van der Waals surface area contributed by atoms with E-state index in [1.807, 2.05) is 30.3 Å². The molecule has 0 aliphatic carbocycles. The first-order valence-corrected chi connectivity index (χ1v) is 9.32. The van der Waals surface area contributed by atoms with E-state index in [1.54, 1.807) is 36.4 Å². The van der Waals surface area contributed by atoms with E-state index in [1.165, 1.54) is 12.1 Å². The summed E-state index contributed by atoms with van der Waals surface area (Å²) in [5, 5.41) is 8.33. The third-order valence-corrected chi connectivity index (χ3v) is 4.25. The summed E-state index contributed by atoms with van der Waals surface area (Å²) in [6, 6.07) is 22.9. The second-order valence-corrected chi connectivity index (χ2v) is 6.49. The number of para-hydroxylation sites is 1. The van der Waals surface area contributed by atoms with Crippen molar-refractivity contribution in [2.45, 2.75) is 12.8 Å². The molecule has 5 nitrogen and oxygen atoms in total. The van der Waals surface area contributed by atoms with Crippen LogP contribution in [0.2, 0.25) is 0 Å². The zero-order valence-corrected chi connectivity index (χ0v) is 15.8. The Morgan fingerprint density at radius 2 is 1.38 bits per heavy atom. The van der Waals surface area contributed by atoms with Crippen LogP contribution in [-0.4, -0.2) is 18.4 Å². The molecule has 0 spiro atoms. The van der Waals surface area contributed by atoms with Crippen molar-refractivity contribution in [3.63, 3.8) is 0 Å². The van der Waals surface area contributed by atoms with Crippen molar-refractivity contribution in [2.75, 3.05) is 22.5 Å². The lowest BCUT2D eigenvalue weighted by Gasteiger charge is -2.10. The normalized spacial score (nSPS) is 10.2. The molecule has 3 aromatic carbocycles. The van der Waals surface area contributed by atoms with Crippen LogP contribution in [0.25, 0.3) is 0 Å². The Labute approximate surface area is 169 Å². The first-order chi connectivity index (χ1) is 14.1. The Bertz CT molecular complexity index is 959. The topological polar surface area (TPSA) is 70.2 Å². The summed E-state index contributed by atoms with van der Waals surface area (Å²) in [4.78, 5) is 24.0. The number of halogens is 1. The van der Waals surface area contributed by atoms with Crippen molar-refractivity contribution in [1.82, 2.24) is 0 Å². The van der Waals surface area contributed by atoms with Gasteiger partial charge in [-0.05, 0) is 48.4 Å². The van der Waals surface area contributed by atoms with Crippen molar-refractivity contribution >= 4 is 28.9 Å². The first-order valence-electron chi connectivity index (χ1n) is 9.32. The van der Waals surface area contributed by atoms with Gasteiger partial charge in [0.25, 0.3) is 0 Å². The molecule has 0 aromatic heterocycles. The largest absolute Gasteiger partial charge is 0.376 e. The zero-order chi connectivity index (χ0) is 20.5. The van der Waals surface area contributed by atoms with E-state index in [-0.39, 0.29) is 24.0 Å². The minimum Gasteiger partial charge on any atom is -0.376 e. The minimum atomic E-state index is -0.479. The standard InChI is InChI=1S/C23H22FN3O2/c24-20-8-4-5-9-21(20)27-23(29)16-25-18-11-13-19(14-12-18)26-22(28)15-10-17-6-2-1-3-7-17/h1-9,11-14,25H,10,15-16H2,(H,26,28)(H,27,29). The number of carbonyl (C=O) groups excluding carboxylic acids is 2. The highest BCUT2D eigenvalue weighted by molar-refractivity contribution is 5.94. The second-order valence-electron chi connectivity index (χ2n) is 6.49. The predicted octanol–water partition coefficient (Wildman–Crippen LogP) is 4.45. The lowest BCUT2D eigenvalue weighted by atomic mass is 10.1. The number of benzene rings is 3. The molecular formula is C23H22FN3O2. The molecule has 0 bridgehead atoms. The maximum atomic E-state index is 13.5. The summed E-state index contributed by atoms with van der Waals surface area (Å²) in [7, 11) is 0. The average molecular weight is 391 g/mol. The Morgan fingerprint density at radius 3 is 2.10 bits per heavy atom. The third kappa shape index (κ3) is 6.46. The van der Waals surface area contributed by atoms with Gasteiger partial charge in [-0.1, -0.05) is 42.5 Å². The summed E-state index contributed by atoms with van der Waals surface area (Å²) in [6.45, 7) is -0.00286. The molecular weight excluding hydrogens is 369 g/mol. The predicted molar refractivity (Wildman–Crippen MR) is 113 cm³/mol. The lowest BCUT2D eigenvalue weighted by molar-refractivity contribution is -0.116. The highest BCUT2D eigenvalue weighted by Gasteiger charge is 2.07. The van der Waals surface area contributed by atoms with Gasteiger partial charge in [-0.2, -0.15) is 0 Å². The van der Waals surface area contributed by atoms with Crippen LogP contribution < -0.4 is 16.0 Å². The minimum absolute atomic E-state index is 0.00286. The Kier molecular flexibility index (Phi) is 6.95. The van der Waals surface area contributed by atoms with Crippen LogP contribution >= 0.6 is 0 Å². The lowest BCUT2D eigenvalue weighted by Crippen LogP contribution is -2.22. The molecule has 0 saturated carbocycles. The molecule has 0 radical (unpaired) electrons. The fraction of sp³-hybridized carbons (Fsp3) is 0.130. The fourth-order valence-corrected chi connectivity index (χ4v) is 2.74. The van der Waals surface area contributed by atoms with E-state index in [4.69, 9.17) is 0 Å². The fourth-order valence-electron chi connectivity index (χ4n) is 2.74. The van der Waals surface area contributed by atoms with Gasteiger partial charge < -0.3 is 16.0 Å². The molecule has 0 fully saturated rings. The summed E-state index contributed by atoms with van der Waals surface area (Å²) < 4.78 is 13.5. The monoisotopic (exact) mass is 391 g/mol. The van der Waals surface area contributed by atoms with Crippen LogP contribution in [0.4, 0.5) is 21.5 Å². The van der Waals surface area contributed by atoms with E-state index in [0.717, 1.165) is 11.3 Å². The van der Waals surface area contributed by atoms with Gasteiger partial charge in [-0.15, -0.1) is 0 Å². The van der Waals surface area contributed by atoms with Gasteiger partial charge in [0.15, 0.2) is 0 Å². The number of hydrogen-bond donors (Lipinski definition) is 3. The number of hydrogen-bond acceptors (Lipinski definition) is 3. The van der Waals surface area contributed by atoms with Gasteiger partial charge in [0.1, 0.15) is 5.82 Å². The van der Waals surface area contributed by atoms with E-state index in [9.17, 15) is 14.0 Å². The molecule has 148 valence electrons. The quantitative estimate of drug-likeness (QED) is 0.531. The van der Waals surface area contributed by atoms with Crippen LogP contribution in [0, 0.1) is 5.82 Å². The SMILES string of the molecule is O=C(CCc1ccccc1)Nc1ccc(NCC(=O)Nc2ccccc2F)cc1. The van der Waals surface area contributed by atoms with E-state index in [2.05, 4.69) is 16.0 Å². The van der Waals surface area contributed by atoms with Crippen LogP contribution in [0.5, 0.6) is 0 Å². The van der Waals surface area contributed by atoms with Crippen molar-refractivity contribution in [3.8, 4) is 0 Å². The van der Waals surface area contributed by atoms with Crippen molar-refractivity contribution in [3.05, 3.63) is 90.2 Å². The number of anilines is 3. The molecule has 0 aliphatic heterocycles. The van der Waals surface area contributed by atoms with Gasteiger partial charge >= 0.3 is 0 Å². The van der Waals surface area contributed by atoms with Crippen molar-refractivity contribution in [2.24, 2.45) is 0 Å². The smallest absolute Gasteiger partial charge is 0.243 e. The summed E-state index contributed by atoms with van der Waals surface area (Å²) in [6.07, 6.45) is 1.09. The number of rotatable bonds is 8. The molecule has 0 aliphatic rings. The highest BCUT2D eigenvalue weighted by atomic mass is 19.1. The summed E-state index contributed by atoms with van der Waals surface area (Å²) in [5.41, 5.74) is 2.67. The number of amides is 2. The number of aryl methyl sites for hydroxylation is 1. The number of carbonyl (C=O) groups is 2. The molecule has 0 saturated heterocycles. The molecule has 29 heavy (non-hydrogen) atoms. The Balaban J connectivity index is 1.43. The van der Waals surface area contributed by atoms with Crippen LogP contribution in [-0.2, 0) is 16.0 Å². The summed E-state index contributed by atoms with van der Waals surface area (Å²) in [5.74, 6) is -0.888. The molecule has 3 aromatic rings. The van der Waals surface area contributed by atoms with Gasteiger partial charge in [0.05, 0.1) is 12.2 Å². The molecule has 3 N–H and O–H groups in total. The first kappa shape index (κ1) is 20.1. The molecule has 0 unspecified atom stereocenters. The highest BCUT2D eigenvalue weighted by Crippen LogP contribution is 2.15. The van der Waals surface area contributed by atoms with E-state index >= 15 is 0 Å². The van der Waals surface area contributed by atoms with E-state index in [0.29, 0.717) is 18.5 Å². The van der Waals surface area contributed by atoms with E-state index < -0.39 is 5.82 Å². The third-order valence-electron chi connectivity index (χ3n) is 4.25. The number of nitrogens with one attached hydrogen (secondary N) is 3. The summed E-state index contributed by atoms with van der Waals surface area (Å²) >= 11 is 0. The maximum absolute atomic E-state index is 13.5. The van der Waals surface area contributed by atoms with Gasteiger partial charge in [-0.25, -0.2) is 4.39 Å². The molecule has 0 heterocycles. The molecule has 0 atom stereocenters. The Morgan fingerprint density at radius 1 is 0.724 bits per heavy atom. The van der Waals surface area contributed by atoms with Crippen molar-refractivity contribution < 1.29 is 14.0 Å². The molecule has 2 amide bonds. The van der Waals surface area contributed by atoms with Crippen LogP contribution in [0.3, 0.4) is 0 Å². The van der Waals surface area contributed by atoms with Gasteiger partial charge in [0.2, 0.25) is 11.8 Å². The Hall–Kier alpha value is -3.67. The van der Waals surface area contributed by atoms with Gasteiger partial charge in [0, 0.05) is 17.8 Å². The molecule has 3 rings (SSSR count). The van der Waals surface area contributed by atoms with Crippen molar-refractivity contribution in [1.29, 1.82) is 0 Å². The molecule has 6 heteroatoms.